The smallest absolute Gasteiger partial charge is 0.312 e. The third-order valence-electron chi connectivity index (χ3n) is 5.36. The molecule has 0 aliphatic carbocycles. The van der Waals surface area contributed by atoms with Gasteiger partial charge in [-0.2, -0.15) is 0 Å². The molecule has 0 aliphatic rings. The van der Waals surface area contributed by atoms with E-state index in [0.717, 1.165) is 12.8 Å². The largest absolute Gasteiger partial charge is 0.465 e. The molecule has 2 atom stereocenters. The predicted molar refractivity (Wildman–Crippen MR) is 189 cm³/mol. The molecule has 11 nitrogen and oxygen atoms in total. The topological polar surface area (TPSA) is 158 Å². The van der Waals surface area contributed by atoms with Gasteiger partial charge in [-0.05, 0) is 95.9 Å². The van der Waals surface area contributed by atoms with E-state index in [1.54, 1.807) is 62.3 Å². The summed E-state index contributed by atoms with van der Waals surface area (Å²) >= 11 is 0. The molecule has 0 heterocycles. The van der Waals surface area contributed by atoms with Gasteiger partial charge in [-0.25, -0.2) is 0 Å². The van der Waals surface area contributed by atoms with E-state index in [0.29, 0.717) is 26.1 Å². The molecule has 2 unspecified atom stereocenters. The van der Waals surface area contributed by atoms with Crippen LogP contribution >= 0.6 is 0 Å². The van der Waals surface area contributed by atoms with Crippen LogP contribution in [0.4, 0.5) is 0 Å². The Kier molecular flexibility index (Phi) is 28.9. The van der Waals surface area contributed by atoms with Crippen molar-refractivity contribution in [1.29, 1.82) is 0 Å². The molecule has 0 rings (SSSR count). The van der Waals surface area contributed by atoms with Gasteiger partial charge in [0.25, 0.3) is 0 Å². The second-order valence-corrected chi connectivity index (χ2v) is 15.0. The lowest BCUT2D eigenvalue weighted by Crippen LogP contribution is -2.33. The number of aliphatic hydroxyl groups is 2. The lowest BCUT2D eigenvalue weighted by atomic mass is 9.97. The fraction of sp³-hybridized carbons (Fsp3) is 0.784. The van der Waals surface area contributed by atoms with Crippen molar-refractivity contribution in [3.8, 4) is 24.7 Å². The van der Waals surface area contributed by atoms with Crippen molar-refractivity contribution in [2.45, 2.75) is 128 Å². The minimum absolute atomic E-state index is 0.00628. The number of ether oxygens (including phenoxy) is 4. The highest BCUT2D eigenvalue weighted by Crippen LogP contribution is 2.17. The van der Waals surface area contributed by atoms with Gasteiger partial charge in [-0.1, -0.05) is 32.1 Å². The molecule has 0 radical (unpaired) electrons. The highest BCUT2D eigenvalue weighted by atomic mass is 16.6. The molecular weight excluding hydrogens is 618 g/mol. The van der Waals surface area contributed by atoms with E-state index in [1.807, 2.05) is 27.7 Å². The minimum Gasteiger partial charge on any atom is -0.465 e. The average molecular weight is 686 g/mol. The Morgan fingerprint density at radius 2 is 1.00 bits per heavy atom. The molecule has 0 fully saturated rings. The van der Waals surface area contributed by atoms with Crippen LogP contribution < -0.4 is 5.32 Å². The van der Waals surface area contributed by atoms with Crippen molar-refractivity contribution in [2.24, 2.45) is 21.7 Å². The zero-order chi connectivity index (χ0) is 38.8. The van der Waals surface area contributed by atoms with Crippen LogP contribution in [0, 0.1) is 46.3 Å². The monoisotopic (exact) mass is 685 g/mol. The summed E-state index contributed by atoms with van der Waals surface area (Å²) in [5.74, 6) is 3.66. The summed E-state index contributed by atoms with van der Waals surface area (Å²) in [7, 11) is 0. The molecule has 0 aromatic heterocycles. The van der Waals surface area contributed by atoms with Gasteiger partial charge < -0.3 is 34.5 Å². The highest BCUT2D eigenvalue weighted by Gasteiger charge is 2.25. The molecule has 0 spiro atoms. The normalized spacial score (nSPS) is 12.3. The van der Waals surface area contributed by atoms with Gasteiger partial charge in [-0.3, -0.25) is 19.2 Å². The molecular formula is C37H67NO10. The SMILES string of the molecule is C#CCNCC(O)COC(=O)C(C)(C)C.C#CCOC(=O)C(C)(C)C.CCC(O)COC(=O)C(C)(C)C.CCCCOC(=O)C(C)(C)C. The summed E-state index contributed by atoms with van der Waals surface area (Å²) in [5.41, 5.74) is -1.82. The third kappa shape index (κ3) is 34.2. The van der Waals surface area contributed by atoms with Crippen molar-refractivity contribution in [3.63, 3.8) is 0 Å². The molecule has 0 bridgehead atoms. The summed E-state index contributed by atoms with van der Waals surface area (Å²) in [6, 6.07) is 0. The number of rotatable bonds is 12. The van der Waals surface area contributed by atoms with Gasteiger partial charge in [0.05, 0.1) is 40.9 Å². The first kappa shape index (κ1) is 51.7. The molecule has 0 amide bonds. The van der Waals surface area contributed by atoms with E-state index in [9.17, 15) is 24.3 Å². The van der Waals surface area contributed by atoms with E-state index in [2.05, 4.69) is 28.8 Å². The lowest BCUT2D eigenvalue weighted by molar-refractivity contribution is -0.156. The zero-order valence-electron chi connectivity index (χ0n) is 32.3. The Morgan fingerprint density at radius 3 is 1.33 bits per heavy atom. The molecule has 0 saturated carbocycles. The molecule has 280 valence electrons. The molecule has 0 aromatic carbocycles. The number of esters is 4. The second kappa shape index (κ2) is 26.8. The van der Waals surface area contributed by atoms with Gasteiger partial charge in [0.1, 0.15) is 19.3 Å². The first-order valence-electron chi connectivity index (χ1n) is 16.3. The van der Waals surface area contributed by atoms with E-state index in [1.165, 1.54) is 0 Å². The summed E-state index contributed by atoms with van der Waals surface area (Å²) in [6.07, 6.45) is 11.3. The Hall–Kier alpha value is -3.12. The first-order chi connectivity index (χ1) is 21.7. The van der Waals surface area contributed by atoms with Crippen LogP contribution in [0.25, 0.3) is 0 Å². The first-order valence-corrected chi connectivity index (χ1v) is 16.3. The number of hydrogen-bond acceptors (Lipinski definition) is 11. The molecule has 3 N–H and O–H groups in total. The Bertz CT molecular complexity index is 981. The Labute approximate surface area is 291 Å². The number of hydrogen-bond donors (Lipinski definition) is 3. The van der Waals surface area contributed by atoms with E-state index in [4.69, 9.17) is 32.2 Å². The third-order valence-corrected chi connectivity index (χ3v) is 5.36. The van der Waals surface area contributed by atoms with E-state index in [-0.39, 0.29) is 49.1 Å². The zero-order valence-corrected chi connectivity index (χ0v) is 32.3. The number of aliphatic hydroxyl groups excluding tert-OH is 2. The van der Waals surface area contributed by atoms with Crippen LogP contribution in [0.15, 0.2) is 0 Å². The van der Waals surface area contributed by atoms with Gasteiger partial charge in [0, 0.05) is 6.54 Å². The summed E-state index contributed by atoms with van der Waals surface area (Å²) < 4.78 is 19.5. The van der Waals surface area contributed by atoms with Crippen molar-refractivity contribution in [3.05, 3.63) is 0 Å². The van der Waals surface area contributed by atoms with Crippen molar-refractivity contribution >= 4 is 23.9 Å². The number of nitrogens with one attached hydrogen (secondary N) is 1. The van der Waals surface area contributed by atoms with Gasteiger partial charge in [-0.15, -0.1) is 12.8 Å². The Morgan fingerprint density at radius 1 is 0.625 bits per heavy atom. The van der Waals surface area contributed by atoms with Crippen LogP contribution in [-0.2, 0) is 38.1 Å². The van der Waals surface area contributed by atoms with Gasteiger partial charge in [0.2, 0.25) is 0 Å². The number of unbranched alkanes of at least 4 members (excludes halogenated alkanes) is 1. The maximum atomic E-state index is 11.3. The molecule has 0 aliphatic heterocycles. The summed E-state index contributed by atoms with van der Waals surface area (Å²) in [5, 5.41) is 21.3. The standard InChI is InChI=1S/C11H19NO3.C9H18O3.C9H18O2.C8H12O2/c1-5-6-12-7-9(13)8-15-10(14)11(2,3)4;1-5-7(10)6-12-8(11)9(2,3)4;1-5-6-7-11-8(10)9(2,3)4;1-5-6-10-7(9)8(2,3)4/h1,9,12-13H,6-8H2,2-4H3;7,10H,5-6H2,1-4H3;5-7H2,1-4H3;1H,6H2,2-4H3. The second-order valence-electron chi connectivity index (χ2n) is 15.0. The van der Waals surface area contributed by atoms with Crippen molar-refractivity contribution < 1.29 is 48.3 Å². The molecule has 48 heavy (non-hydrogen) atoms. The van der Waals surface area contributed by atoms with Crippen LogP contribution in [0.5, 0.6) is 0 Å². The Balaban J connectivity index is -0.000000272. The number of carbonyl (C=O) groups excluding carboxylic acids is 4. The summed E-state index contributed by atoms with van der Waals surface area (Å²) in [4.78, 5) is 44.5. The highest BCUT2D eigenvalue weighted by molar-refractivity contribution is 5.76. The molecule has 0 saturated heterocycles. The van der Waals surface area contributed by atoms with Crippen molar-refractivity contribution in [2.75, 3.05) is 39.5 Å². The van der Waals surface area contributed by atoms with Gasteiger partial charge >= 0.3 is 23.9 Å². The van der Waals surface area contributed by atoms with Crippen LogP contribution in [-0.4, -0.2) is 85.8 Å². The van der Waals surface area contributed by atoms with E-state index >= 15 is 0 Å². The maximum Gasteiger partial charge on any atom is 0.312 e. The lowest BCUT2D eigenvalue weighted by Gasteiger charge is -2.18. The fourth-order valence-electron chi connectivity index (χ4n) is 2.11. The summed E-state index contributed by atoms with van der Waals surface area (Å²) in [6.45, 7) is 26.9. The predicted octanol–water partition coefficient (Wildman–Crippen LogP) is 5.09. The van der Waals surface area contributed by atoms with Crippen LogP contribution in [0.1, 0.15) is 116 Å². The number of carbonyl (C=O) groups is 4. The molecule has 0 aromatic rings. The van der Waals surface area contributed by atoms with E-state index < -0.39 is 28.5 Å². The van der Waals surface area contributed by atoms with Gasteiger partial charge in [0.15, 0.2) is 6.61 Å². The molecule has 11 heteroatoms. The maximum absolute atomic E-state index is 11.3. The minimum atomic E-state index is -0.718. The van der Waals surface area contributed by atoms with Crippen LogP contribution in [0.2, 0.25) is 0 Å². The number of terminal acetylenes is 2. The fourth-order valence-corrected chi connectivity index (χ4v) is 2.11. The van der Waals surface area contributed by atoms with Crippen LogP contribution in [0.3, 0.4) is 0 Å². The average Bonchev–Trinajstić information content (AvgIpc) is 2.96. The van der Waals surface area contributed by atoms with Crippen molar-refractivity contribution in [1.82, 2.24) is 5.32 Å². The quantitative estimate of drug-likeness (QED) is 0.109.